The highest BCUT2D eigenvalue weighted by Gasteiger charge is 2.44. The summed E-state index contributed by atoms with van der Waals surface area (Å²) in [6.07, 6.45) is -1.48. The number of ether oxygens (including phenoxy) is 1. The molecule has 0 aliphatic heterocycles. The Balaban J connectivity index is 2.10. The summed E-state index contributed by atoms with van der Waals surface area (Å²) in [5, 5.41) is 30.7. The molecule has 0 radical (unpaired) electrons. The lowest BCUT2D eigenvalue weighted by atomic mass is 9.85. The van der Waals surface area contributed by atoms with Crippen molar-refractivity contribution in [3.63, 3.8) is 0 Å². The fraction of sp³-hybridized carbons (Fsp3) is 0.692. The van der Waals surface area contributed by atoms with Gasteiger partial charge in [-0.3, -0.25) is 24.5 Å². The van der Waals surface area contributed by atoms with Crippen LogP contribution in [0.2, 0.25) is 0 Å². The van der Waals surface area contributed by atoms with Crippen LogP contribution in [-0.4, -0.2) is 84.2 Å². The van der Waals surface area contributed by atoms with Gasteiger partial charge in [0.25, 0.3) is 0 Å². The van der Waals surface area contributed by atoms with Crippen molar-refractivity contribution in [3.05, 3.63) is 22.8 Å². The van der Waals surface area contributed by atoms with Gasteiger partial charge < -0.3 is 9.84 Å². The van der Waals surface area contributed by atoms with Gasteiger partial charge in [0.15, 0.2) is 34.5 Å². The number of Topliss-reactive ketones (excluding diaryl/α,β-unsaturated/α-hetero) is 4. The molecule has 2 aromatic heterocycles. The first-order chi connectivity index (χ1) is 18.3. The highest BCUT2D eigenvalue weighted by Crippen LogP contribution is 2.39. The number of hydrogen-bond donors (Lipinski definition) is 2. The molecule has 0 aromatic carbocycles. The summed E-state index contributed by atoms with van der Waals surface area (Å²) in [5.41, 5.74) is 0.0924. The maximum absolute atomic E-state index is 13.2. The van der Waals surface area contributed by atoms with Crippen molar-refractivity contribution in [3.8, 4) is 0 Å². The summed E-state index contributed by atoms with van der Waals surface area (Å²) in [5.74, 6) is -2.57. The molecule has 0 spiro atoms. The molecule has 1 fully saturated rings. The Hall–Kier alpha value is -3.16. The van der Waals surface area contributed by atoms with Crippen molar-refractivity contribution in [2.24, 2.45) is 17.8 Å². The average molecular weight is 546 g/mol. The van der Waals surface area contributed by atoms with Crippen molar-refractivity contribution < 1.29 is 29.0 Å². The van der Waals surface area contributed by atoms with E-state index in [2.05, 4.69) is 25.9 Å². The molecule has 0 saturated heterocycles. The maximum atomic E-state index is 13.2. The number of carbonyl (C=O) groups excluding carboxylic acids is 4. The zero-order valence-electron chi connectivity index (χ0n) is 23.8. The molecule has 2 N–H and O–H groups in total. The highest BCUT2D eigenvalue weighted by molar-refractivity contribution is 6.08. The summed E-state index contributed by atoms with van der Waals surface area (Å²) >= 11 is 0. The van der Waals surface area contributed by atoms with Crippen molar-refractivity contribution in [1.82, 2.24) is 35.3 Å². The van der Waals surface area contributed by atoms with Gasteiger partial charge in [0.05, 0.1) is 31.0 Å². The molecule has 2 aromatic rings. The molecule has 4 unspecified atom stereocenters. The highest BCUT2D eigenvalue weighted by atomic mass is 16.5. The number of nitrogens with zero attached hydrogens (tertiary/aromatic N) is 6. The smallest absolute Gasteiger partial charge is 0.188 e. The molecule has 214 valence electrons. The van der Waals surface area contributed by atoms with E-state index in [-0.39, 0.29) is 59.7 Å². The van der Waals surface area contributed by atoms with E-state index in [1.807, 2.05) is 0 Å². The first kappa shape index (κ1) is 30.4. The number of ketones is 4. The van der Waals surface area contributed by atoms with Crippen LogP contribution in [0.5, 0.6) is 0 Å². The molecule has 13 nitrogen and oxygen atoms in total. The van der Waals surface area contributed by atoms with Gasteiger partial charge in [-0.05, 0) is 7.05 Å². The number of aliphatic hydroxyl groups excluding tert-OH is 1. The Morgan fingerprint density at radius 3 is 1.82 bits per heavy atom. The van der Waals surface area contributed by atoms with Crippen molar-refractivity contribution in [2.45, 2.75) is 85.6 Å². The van der Waals surface area contributed by atoms with Gasteiger partial charge in [-0.15, -0.1) is 10.2 Å². The van der Waals surface area contributed by atoms with Crippen LogP contribution >= 0.6 is 0 Å². The molecule has 0 bridgehead atoms. The fourth-order valence-electron chi connectivity index (χ4n) is 4.73. The second-order valence-corrected chi connectivity index (χ2v) is 11.0. The van der Waals surface area contributed by atoms with E-state index in [9.17, 15) is 24.3 Å². The Morgan fingerprint density at radius 2 is 1.33 bits per heavy atom. The summed E-state index contributed by atoms with van der Waals surface area (Å²) in [7, 11) is 1.71. The minimum Gasteiger partial charge on any atom is -0.391 e. The number of aromatic nitrogens is 6. The molecule has 3 rings (SSSR count). The Labute approximate surface area is 227 Å². The molecular formula is C26H39N7O6. The third-order valence-corrected chi connectivity index (χ3v) is 6.90. The second kappa shape index (κ2) is 12.3. The minimum atomic E-state index is -1.07. The monoisotopic (exact) mass is 545 g/mol. The number of rotatable bonds is 12. The minimum absolute atomic E-state index is 0.0158. The average Bonchev–Trinajstić information content (AvgIpc) is 3.51. The maximum Gasteiger partial charge on any atom is 0.188 e. The van der Waals surface area contributed by atoms with Gasteiger partial charge in [-0.25, -0.2) is 9.36 Å². The summed E-state index contributed by atoms with van der Waals surface area (Å²) in [6.45, 7) is 11.8. The Bertz CT molecular complexity index is 1230. The fourth-order valence-corrected chi connectivity index (χ4v) is 4.73. The van der Waals surface area contributed by atoms with Crippen LogP contribution in [0.3, 0.4) is 0 Å². The molecule has 1 aliphatic rings. The molecular weight excluding hydrogens is 506 g/mol. The lowest BCUT2D eigenvalue weighted by molar-refractivity contribution is -0.0706. The van der Waals surface area contributed by atoms with Gasteiger partial charge in [0.2, 0.25) is 0 Å². The normalized spacial score (nSPS) is 21.6. The molecule has 39 heavy (non-hydrogen) atoms. The van der Waals surface area contributed by atoms with Crippen LogP contribution in [0.1, 0.15) is 115 Å². The van der Waals surface area contributed by atoms with E-state index in [0.717, 1.165) is 0 Å². The quantitative estimate of drug-likeness (QED) is 0.295. The number of carbonyl (C=O) groups is 4. The molecule has 2 heterocycles. The predicted octanol–water partition coefficient (Wildman–Crippen LogP) is 2.09. The first-order valence-corrected chi connectivity index (χ1v) is 13.3. The number of hydrogen-bond acceptors (Lipinski definition) is 11. The van der Waals surface area contributed by atoms with Gasteiger partial charge >= 0.3 is 0 Å². The van der Waals surface area contributed by atoms with Crippen LogP contribution in [0.4, 0.5) is 0 Å². The predicted molar refractivity (Wildman–Crippen MR) is 140 cm³/mol. The van der Waals surface area contributed by atoms with E-state index in [1.165, 1.54) is 16.3 Å². The van der Waals surface area contributed by atoms with Crippen molar-refractivity contribution >= 4 is 23.1 Å². The summed E-state index contributed by atoms with van der Waals surface area (Å²) in [6, 6.07) is -1.39. The largest absolute Gasteiger partial charge is 0.391 e. The molecule has 4 atom stereocenters. The second-order valence-electron chi connectivity index (χ2n) is 11.0. The SMILES string of the molecule is CNCOC1CC(n2nnc(C(=O)C(C)C)c2C(=O)C(C)C)C(O)CC1n1nnc(C(C)=O)c1C(=O)C(C)C. The molecule has 13 heteroatoms. The molecule has 1 aliphatic carbocycles. The zero-order valence-corrected chi connectivity index (χ0v) is 23.8. The molecule has 1 saturated carbocycles. The van der Waals surface area contributed by atoms with Crippen LogP contribution in [0, 0.1) is 17.8 Å². The summed E-state index contributed by atoms with van der Waals surface area (Å²) in [4.78, 5) is 51.5. The topological polar surface area (TPSA) is 171 Å². The van der Waals surface area contributed by atoms with E-state index in [0.29, 0.717) is 0 Å². The van der Waals surface area contributed by atoms with Gasteiger partial charge in [-0.1, -0.05) is 52.0 Å². The standard InChI is InChI=1S/C26H39N7O6/c1-12(2)24(36)21-23(26(38)14(5)6)32(31-29-21)16-10-19(39-11-27-8)17(9-18(16)35)33-22(25(37)13(3)4)20(15(7)34)28-30-33/h12-14,16-19,27,35H,9-11H2,1-8H3. The van der Waals surface area contributed by atoms with Gasteiger partial charge in [0.1, 0.15) is 11.4 Å². The van der Waals surface area contributed by atoms with Crippen LogP contribution in [-0.2, 0) is 4.74 Å². The van der Waals surface area contributed by atoms with Crippen molar-refractivity contribution in [1.29, 1.82) is 0 Å². The number of aliphatic hydroxyl groups is 1. The van der Waals surface area contributed by atoms with E-state index in [4.69, 9.17) is 4.74 Å². The van der Waals surface area contributed by atoms with Crippen LogP contribution in [0.15, 0.2) is 0 Å². The lowest BCUT2D eigenvalue weighted by Gasteiger charge is -2.39. The van der Waals surface area contributed by atoms with Gasteiger partial charge in [-0.2, -0.15) is 0 Å². The first-order valence-electron chi connectivity index (χ1n) is 13.3. The lowest BCUT2D eigenvalue weighted by Crippen LogP contribution is -2.45. The Morgan fingerprint density at radius 1 is 0.846 bits per heavy atom. The number of nitrogens with one attached hydrogen (secondary N) is 1. The Kier molecular flexibility index (Phi) is 9.62. The zero-order chi connectivity index (χ0) is 29.2. The van der Waals surface area contributed by atoms with E-state index >= 15 is 0 Å². The van der Waals surface area contributed by atoms with Crippen LogP contribution < -0.4 is 5.32 Å². The molecule has 0 amide bonds. The third kappa shape index (κ3) is 6.04. The van der Waals surface area contributed by atoms with Crippen LogP contribution in [0.25, 0.3) is 0 Å². The third-order valence-electron chi connectivity index (χ3n) is 6.90. The van der Waals surface area contributed by atoms with Gasteiger partial charge in [0, 0.05) is 37.5 Å². The van der Waals surface area contributed by atoms with E-state index in [1.54, 1.807) is 48.6 Å². The summed E-state index contributed by atoms with van der Waals surface area (Å²) < 4.78 is 8.81. The van der Waals surface area contributed by atoms with Crippen molar-refractivity contribution in [2.75, 3.05) is 13.8 Å². The van der Waals surface area contributed by atoms with E-state index < -0.39 is 47.8 Å².